The van der Waals surface area contributed by atoms with Gasteiger partial charge in [-0.2, -0.15) is 0 Å². The molecule has 0 fully saturated rings. The van der Waals surface area contributed by atoms with Gasteiger partial charge in [-0.1, -0.05) is 51.5 Å². The number of ether oxygens (including phenoxy) is 1. The fraction of sp³-hybridized carbons (Fsp3) is 0.625. The van der Waals surface area contributed by atoms with Crippen molar-refractivity contribution in [2.24, 2.45) is 0 Å². The van der Waals surface area contributed by atoms with Crippen molar-refractivity contribution in [3.05, 3.63) is 35.4 Å². The highest BCUT2D eigenvalue weighted by atomic mass is 16.5. The fourth-order valence-corrected chi connectivity index (χ4v) is 2.35. The summed E-state index contributed by atoms with van der Waals surface area (Å²) >= 11 is 0. The lowest BCUT2D eigenvalue weighted by Gasteiger charge is -2.27. The first-order chi connectivity index (χ1) is 8.76. The van der Waals surface area contributed by atoms with Crippen molar-refractivity contribution in [1.29, 1.82) is 0 Å². The molecule has 0 bridgehead atoms. The fourth-order valence-electron chi connectivity index (χ4n) is 2.35. The monoisotopic (exact) mass is 249 g/mol. The van der Waals surface area contributed by atoms with E-state index in [-0.39, 0.29) is 6.10 Å². The van der Waals surface area contributed by atoms with Gasteiger partial charge in [0.2, 0.25) is 0 Å². The van der Waals surface area contributed by atoms with E-state index in [2.05, 4.69) is 50.4 Å². The Balaban J connectivity index is 2.87. The first-order valence-corrected chi connectivity index (χ1v) is 7.11. The molecule has 1 rings (SSSR count). The topological polar surface area (TPSA) is 21.3 Å². The van der Waals surface area contributed by atoms with E-state index < -0.39 is 0 Å². The third-order valence-corrected chi connectivity index (χ3v) is 3.42. The lowest BCUT2D eigenvalue weighted by Crippen LogP contribution is -2.33. The average molecular weight is 249 g/mol. The van der Waals surface area contributed by atoms with Gasteiger partial charge in [0.25, 0.3) is 0 Å². The quantitative estimate of drug-likeness (QED) is 0.758. The molecule has 0 aromatic heterocycles. The molecule has 1 aromatic carbocycles. The molecule has 2 nitrogen and oxygen atoms in total. The molecule has 1 aromatic rings. The van der Waals surface area contributed by atoms with Crippen LogP contribution in [0.1, 0.15) is 50.8 Å². The molecule has 2 heteroatoms. The van der Waals surface area contributed by atoms with E-state index >= 15 is 0 Å². The standard InChI is InChI=1S/C16H27NO/c1-5-8-15(18-4)16(17-7-3)14-11-9-13(6-2)10-12-14/h9-12,15-17H,5-8H2,1-4H3. The number of nitrogens with one attached hydrogen (secondary N) is 1. The van der Waals surface area contributed by atoms with E-state index in [0.29, 0.717) is 6.04 Å². The van der Waals surface area contributed by atoms with Gasteiger partial charge in [-0.3, -0.25) is 0 Å². The Bertz CT molecular complexity index is 320. The summed E-state index contributed by atoms with van der Waals surface area (Å²) in [6, 6.07) is 9.20. The second-order valence-corrected chi connectivity index (χ2v) is 4.69. The lowest BCUT2D eigenvalue weighted by molar-refractivity contribution is 0.0611. The van der Waals surface area contributed by atoms with Crippen LogP contribution in [0.15, 0.2) is 24.3 Å². The van der Waals surface area contributed by atoms with Gasteiger partial charge in [0, 0.05) is 7.11 Å². The maximum absolute atomic E-state index is 5.65. The molecule has 0 spiro atoms. The molecule has 2 atom stereocenters. The first-order valence-electron chi connectivity index (χ1n) is 7.11. The number of methoxy groups -OCH3 is 1. The number of rotatable bonds is 8. The van der Waals surface area contributed by atoms with Crippen LogP contribution in [-0.4, -0.2) is 19.8 Å². The van der Waals surface area contributed by atoms with Crippen LogP contribution in [0, 0.1) is 0 Å². The highest BCUT2D eigenvalue weighted by molar-refractivity contribution is 5.26. The Labute approximate surface area is 112 Å². The zero-order valence-corrected chi connectivity index (χ0v) is 12.2. The van der Waals surface area contributed by atoms with Crippen molar-refractivity contribution in [2.75, 3.05) is 13.7 Å². The molecule has 0 aliphatic heterocycles. The van der Waals surface area contributed by atoms with Crippen LogP contribution in [0.4, 0.5) is 0 Å². The highest BCUT2D eigenvalue weighted by Gasteiger charge is 2.21. The number of benzene rings is 1. The van der Waals surface area contributed by atoms with Gasteiger partial charge < -0.3 is 10.1 Å². The Morgan fingerprint density at radius 2 is 1.78 bits per heavy atom. The van der Waals surface area contributed by atoms with Crippen LogP contribution in [0.3, 0.4) is 0 Å². The normalized spacial score (nSPS) is 14.4. The molecule has 1 N–H and O–H groups in total. The second-order valence-electron chi connectivity index (χ2n) is 4.69. The SMILES string of the molecule is CCCC(OC)C(NCC)c1ccc(CC)cc1. The van der Waals surface area contributed by atoms with Crippen LogP contribution >= 0.6 is 0 Å². The summed E-state index contributed by atoms with van der Waals surface area (Å²) in [6.07, 6.45) is 3.58. The first kappa shape index (κ1) is 15.2. The van der Waals surface area contributed by atoms with Crippen molar-refractivity contribution in [3.63, 3.8) is 0 Å². The van der Waals surface area contributed by atoms with Gasteiger partial charge in [0.15, 0.2) is 0 Å². The van der Waals surface area contributed by atoms with Crippen LogP contribution in [0.2, 0.25) is 0 Å². The summed E-state index contributed by atoms with van der Waals surface area (Å²) in [5, 5.41) is 3.55. The smallest absolute Gasteiger partial charge is 0.0765 e. The number of hydrogen-bond acceptors (Lipinski definition) is 2. The predicted octanol–water partition coefficient (Wildman–Crippen LogP) is 3.71. The minimum Gasteiger partial charge on any atom is -0.379 e. The van der Waals surface area contributed by atoms with Crippen molar-refractivity contribution in [3.8, 4) is 0 Å². The molecule has 0 aliphatic carbocycles. The summed E-state index contributed by atoms with van der Waals surface area (Å²) < 4.78 is 5.65. The maximum atomic E-state index is 5.65. The largest absolute Gasteiger partial charge is 0.379 e. The molecule has 0 saturated heterocycles. The molecule has 0 aliphatic rings. The molecule has 102 valence electrons. The zero-order valence-electron chi connectivity index (χ0n) is 12.2. The lowest BCUT2D eigenvalue weighted by atomic mass is 9.96. The van der Waals surface area contributed by atoms with Gasteiger partial charge in [0.1, 0.15) is 0 Å². The van der Waals surface area contributed by atoms with Crippen molar-refractivity contribution in [2.45, 2.75) is 52.2 Å². The van der Waals surface area contributed by atoms with Crippen molar-refractivity contribution >= 4 is 0 Å². The van der Waals surface area contributed by atoms with Gasteiger partial charge in [-0.15, -0.1) is 0 Å². The molecule has 2 unspecified atom stereocenters. The van der Waals surface area contributed by atoms with Gasteiger partial charge in [-0.25, -0.2) is 0 Å². The molecule has 0 heterocycles. The van der Waals surface area contributed by atoms with E-state index in [4.69, 9.17) is 4.74 Å². The predicted molar refractivity (Wildman–Crippen MR) is 77.9 cm³/mol. The zero-order chi connectivity index (χ0) is 13.4. The summed E-state index contributed by atoms with van der Waals surface area (Å²) in [5.41, 5.74) is 2.72. The Kier molecular flexibility index (Phi) is 6.99. The third kappa shape index (κ3) is 4.11. The number of hydrogen-bond donors (Lipinski definition) is 1. The summed E-state index contributed by atoms with van der Waals surface area (Å²) in [7, 11) is 1.81. The Hall–Kier alpha value is -0.860. The van der Waals surface area contributed by atoms with Crippen LogP contribution in [-0.2, 0) is 11.2 Å². The van der Waals surface area contributed by atoms with Gasteiger partial charge in [-0.05, 0) is 30.5 Å². The number of aryl methyl sites for hydroxylation is 1. The van der Waals surface area contributed by atoms with E-state index in [1.165, 1.54) is 11.1 Å². The molecule has 0 amide bonds. The van der Waals surface area contributed by atoms with Crippen LogP contribution in [0.25, 0.3) is 0 Å². The number of likely N-dealkylation sites (N-methyl/N-ethyl adjacent to an activating group) is 1. The van der Waals surface area contributed by atoms with Gasteiger partial charge in [0.05, 0.1) is 12.1 Å². The summed E-state index contributed by atoms with van der Waals surface area (Å²) in [4.78, 5) is 0. The molecular formula is C16H27NO. The maximum Gasteiger partial charge on any atom is 0.0765 e. The van der Waals surface area contributed by atoms with Gasteiger partial charge >= 0.3 is 0 Å². The molecule has 18 heavy (non-hydrogen) atoms. The van der Waals surface area contributed by atoms with Crippen molar-refractivity contribution < 1.29 is 4.74 Å². The minimum absolute atomic E-state index is 0.252. The minimum atomic E-state index is 0.252. The summed E-state index contributed by atoms with van der Waals surface area (Å²) in [6.45, 7) is 7.50. The second kappa shape index (κ2) is 8.28. The third-order valence-electron chi connectivity index (χ3n) is 3.42. The van der Waals surface area contributed by atoms with Crippen LogP contribution < -0.4 is 5.32 Å². The van der Waals surface area contributed by atoms with E-state index in [1.807, 2.05) is 7.11 Å². The van der Waals surface area contributed by atoms with E-state index in [0.717, 1.165) is 25.8 Å². The molecule has 0 radical (unpaired) electrons. The Morgan fingerprint density at radius 3 is 2.22 bits per heavy atom. The Morgan fingerprint density at radius 1 is 1.11 bits per heavy atom. The average Bonchev–Trinajstić information content (AvgIpc) is 2.43. The summed E-state index contributed by atoms with van der Waals surface area (Å²) in [5.74, 6) is 0. The molecule has 0 saturated carbocycles. The molecular weight excluding hydrogens is 222 g/mol. The van der Waals surface area contributed by atoms with E-state index in [1.54, 1.807) is 0 Å². The van der Waals surface area contributed by atoms with E-state index in [9.17, 15) is 0 Å². The highest BCUT2D eigenvalue weighted by Crippen LogP contribution is 2.23. The van der Waals surface area contributed by atoms with Crippen LogP contribution in [0.5, 0.6) is 0 Å². The van der Waals surface area contributed by atoms with Crippen molar-refractivity contribution in [1.82, 2.24) is 5.32 Å².